The Bertz CT molecular complexity index is 390. The molecule has 0 aromatic heterocycles. The van der Waals surface area contributed by atoms with Crippen LogP contribution in [0.4, 0.5) is 0 Å². The van der Waals surface area contributed by atoms with Crippen LogP contribution in [0.1, 0.15) is 52.4 Å². The first kappa shape index (κ1) is 22.5. The van der Waals surface area contributed by atoms with Crippen LogP contribution < -0.4 is 16.0 Å². The molecule has 140 valence electrons. The van der Waals surface area contributed by atoms with Gasteiger partial charge in [-0.05, 0) is 25.8 Å². The summed E-state index contributed by atoms with van der Waals surface area (Å²) in [6.45, 7) is 5.30. The third-order valence-corrected chi connectivity index (χ3v) is 3.53. The van der Waals surface area contributed by atoms with E-state index in [0.29, 0.717) is 32.4 Å². The largest absolute Gasteiger partial charge is 0.481 e. The second-order valence-corrected chi connectivity index (χ2v) is 5.60. The summed E-state index contributed by atoms with van der Waals surface area (Å²) >= 11 is 0. The lowest BCUT2D eigenvalue weighted by molar-refractivity contribution is -0.138. The van der Waals surface area contributed by atoms with Gasteiger partial charge in [0.05, 0.1) is 12.5 Å². The zero-order valence-electron chi connectivity index (χ0n) is 14.6. The number of amides is 1. The van der Waals surface area contributed by atoms with Crippen molar-refractivity contribution in [2.24, 2.45) is 0 Å². The first-order chi connectivity index (χ1) is 11.4. The number of nitrogens with one attached hydrogen (secondary N) is 3. The van der Waals surface area contributed by atoms with Crippen molar-refractivity contribution in [3.8, 4) is 0 Å². The van der Waals surface area contributed by atoms with E-state index in [1.165, 1.54) is 0 Å². The monoisotopic (exact) mass is 345 g/mol. The lowest BCUT2D eigenvalue weighted by atomic mass is 10.0. The Balaban J connectivity index is 4.00. The molecular formula is C16H31N3O5. The summed E-state index contributed by atoms with van der Waals surface area (Å²) in [5.41, 5.74) is 0. The number of carbonyl (C=O) groups is 3. The first-order valence-electron chi connectivity index (χ1n) is 8.56. The van der Waals surface area contributed by atoms with E-state index in [1.54, 1.807) is 6.92 Å². The molecule has 0 bridgehead atoms. The standard InChI is InChI=1S/C16H31N3O5/c1-3-13(20)12(19-15(22)11-17-4-2)7-5-6-10-18-14(21)8-9-16(23)24/h12,15,17,19,22H,3-11H2,1-2H3,(H,18,21)(H,23,24)/t12-,15?/m0/s1. The summed E-state index contributed by atoms with van der Waals surface area (Å²) < 4.78 is 0. The van der Waals surface area contributed by atoms with Crippen molar-refractivity contribution in [1.29, 1.82) is 0 Å². The number of aliphatic hydroxyl groups is 1. The molecule has 1 amide bonds. The van der Waals surface area contributed by atoms with Crippen LogP contribution >= 0.6 is 0 Å². The van der Waals surface area contributed by atoms with Gasteiger partial charge in [-0.25, -0.2) is 0 Å². The number of likely N-dealkylation sites (N-methyl/N-ethyl adjacent to an activating group) is 1. The molecule has 5 N–H and O–H groups in total. The summed E-state index contributed by atoms with van der Waals surface area (Å²) in [6, 6.07) is -0.397. The van der Waals surface area contributed by atoms with Gasteiger partial charge in [0.15, 0.2) is 0 Å². The lowest BCUT2D eigenvalue weighted by Gasteiger charge is -2.21. The van der Waals surface area contributed by atoms with Gasteiger partial charge >= 0.3 is 5.97 Å². The van der Waals surface area contributed by atoms with Crippen LogP contribution in [0.25, 0.3) is 0 Å². The number of unbranched alkanes of at least 4 members (excludes halogenated alkanes) is 1. The molecule has 8 nitrogen and oxygen atoms in total. The number of carboxylic acid groups (broad SMARTS) is 1. The van der Waals surface area contributed by atoms with Gasteiger partial charge in [-0.1, -0.05) is 13.8 Å². The van der Waals surface area contributed by atoms with Gasteiger partial charge < -0.3 is 20.8 Å². The van der Waals surface area contributed by atoms with Gasteiger partial charge in [0, 0.05) is 25.9 Å². The van der Waals surface area contributed by atoms with Crippen LogP contribution in [0.3, 0.4) is 0 Å². The maximum atomic E-state index is 11.9. The molecule has 8 heteroatoms. The average Bonchev–Trinajstić information content (AvgIpc) is 2.55. The number of hydrogen-bond donors (Lipinski definition) is 5. The Kier molecular flexibility index (Phi) is 13.0. The smallest absolute Gasteiger partial charge is 0.303 e. The zero-order valence-corrected chi connectivity index (χ0v) is 14.6. The third kappa shape index (κ3) is 12.0. The van der Waals surface area contributed by atoms with Gasteiger partial charge in [0.1, 0.15) is 12.0 Å². The van der Waals surface area contributed by atoms with E-state index in [1.807, 2.05) is 6.92 Å². The Hall–Kier alpha value is -1.51. The predicted molar refractivity (Wildman–Crippen MR) is 90.5 cm³/mol. The molecule has 0 spiro atoms. The molecule has 24 heavy (non-hydrogen) atoms. The Labute approximate surface area is 143 Å². The van der Waals surface area contributed by atoms with E-state index >= 15 is 0 Å². The predicted octanol–water partition coefficient (Wildman–Crippen LogP) is 0.00290. The Morgan fingerprint density at radius 1 is 1.08 bits per heavy atom. The van der Waals surface area contributed by atoms with Gasteiger partial charge in [0.2, 0.25) is 5.91 Å². The van der Waals surface area contributed by atoms with E-state index in [9.17, 15) is 19.5 Å². The first-order valence-corrected chi connectivity index (χ1v) is 8.56. The summed E-state index contributed by atoms with van der Waals surface area (Å²) in [5, 5.41) is 26.9. The molecule has 0 aromatic carbocycles. The minimum Gasteiger partial charge on any atom is -0.481 e. The number of ketones is 1. The van der Waals surface area contributed by atoms with E-state index in [0.717, 1.165) is 13.0 Å². The fourth-order valence-corrected chi connectivity index (χ4v) is 2.17. The molecule has 0 aliphatic rings. The normalized spacial score (nSPS) is 13.3. The van der Waals surface area contributed by atoms with Gasteiger partial charge in [-0.2, -0.15) is 0 Å². The van der Waals surface area contributed by atoms with Crippen molar-refractivity contribution in [2.75, 3.05) is 19.6 Å². The van der Waals surface area contributed by atoms with Crippen LogP contribution in [-0.2, 0) is 14.4 Å². The number of carbonyl (C=O) groups excluding carboxylic acids is 2. The fourth-order valence-electron chi connectivity index (χ4n) is 2.17. The van der Waals surface area contributed by atoms with Gasteiger partial charge in [-0.15, -0.1) is 0 Å². The minimum atomic E-state index is -0.992. The molecule has 0 aromatic rings. The molecule has 0 saturated carbocycles. The molecule has 0 heterocycles. The van der Waals surface area contributed by atoms with Crippen molar-refractivity contribution in [3.63, 3.8) is 0 Å². The molecule has 0 aliphatic heterocycles. The van der Waals surface area contributed by atoms with Crippen LogP contribution in [0.5, 0.6) is 0 Å². The summed E-state index contributed by atoms with van der Waals surface area (Å²) in [5.74, 6) is -1.22. The summed E-state index contributed by atoms with van der Waals surface area (Å²) in [7, 11) is 0. The van der Waals surface area contributed by atoms with Crippen molar-refractivity contribution < 1.29 is 24.6 Å². The number of aliphatic carboxylic acids is 1. The van der Waals surface area contributed by atoms with Crippen LogP contribution in [0.2, 0.25) is 0 Å². The Morgan fingerprint density at radius 2 is 1.79 bits per heavy atom. The number of rotatable bonds is 15. The number of carboxylic acids is 1. The second kappa shape index (κ2) is 13.9. The van der Waals surface area contributed by atoms with Crippen LogP contribution in [-0.4, -0.2) is 59.8 Å². The maximum Gasteiger partial charge on any atom is 0.303 e. The van der Waals surface area contributed by atoms with Gasteiger partial charge in [-0.3, -0.25) is 19.7 Å². The number of Topliss-reactive ketones (excluding diaryl/α,β-unsaturated/α-hetero) is 1. The highest BCUT2D eigenvalue weighted by atomic mass is 16.4. The van der Waals surface area contributed by atoms with Crippen LogP contribution in [0.15, 0.2) is 0 Å². The van der Waals surface area contributed by atoms with Crippen molar-refractivity contribution in [2.45, 2.75) is 64.6 Å². The van der Waals surface area contributed by atoms with Crippen molar-refractivity contribution >= 4 is 17.7 Å². The maximum absolute atomic E-state index is 11.9. The van der Waals surface area contributed by atoms with Crippen molar-refractivity contribution in [1.82, 2.24) is 16.0 Å². The lowest BCUT2D eigenvalue weighted by Crippen LogP contribution is -2.47. The van der Waals surface area contributed by atoms with Gasteiger partial charge in [0.25, 0.3) is 0 Å². The highest BCUT2D eigenvalue weighted by Gasteiger charge is 2.18. The fraction of sp³-hybridized carbons (Fsp3) is 0.812. The Morgan fingerprint density at radius 3 is 2.38 bits per heavy atom. The SMILES string of the molecule is CCNCC(O)N[C@@H](CCCCNC(=O)CCC(=O)O)C(=O)CC. The van der Waals surface area contributed by atoms with Crippen molar-refractivity contribution in [3.05, 3.63) is 0 Å². The molecule has 2 atom stereocenters. The summed E-state index contributed by atoms with van der Waals surface area (Å²) in [6.07, 6.45) is 1.42. The second-order valence-electron chi connectivity index (χ2n) is 5.60. The quantitative estimate of drug-likeness (QED) is 0.209. The summed E-state index contributed by atoms with van der Waals surface area (Å²) in [4.78, 5) is 33.6. The number of aliphatic hydroxyl groups excluding tert-OH is 1. The molecule has 0 rings (SSSR count). The number of hydrogen-bond acceptors (Lipinski definition) is 6. The third-order valence-electron chi connectivity index (χ3n) is 3.53. The average molecular weight is 345 g/mol. The molecule has 0 aliphatic carbocycles. The highest BCUT2D eigenvalue weighted by Crippen LogP contribution is 2.05. The molecule has 0 fully saturated rings. The highest BCUT2D eigenvalue weighted by molar-refractivity contribution is 5.83. The van der Waals surface area contributed by atoms with E-state index in [2.05, 4.69) is 16.0 Å². The van der Waals surface area contributed by atoms with Crippen LogP contribution in [0, 0.1) is 0 Å². The van der Waals surface area contributed by atoms with E-state index in [-0.39, 0.29) is 24.5 Å². The molecule has 1 unspecified atom stereocenters. The topological polar surface area (TPSA) is 128 Å². The molecule has 0 saturated heterocycles. The van der Waals surface area contributed by atoms with E-state index < -0.39 is 18.2 Å². The molecule has 0 radical (unpaired) electrons. The zero-order chi connectivity index (χ0) is 18.4. The van der Waals surface area contributed by atoms with E-state index in [4.69, 9.17) is 5.11 Å². The molecular weight excluding hydrogens is 314 g/mol. The minimum absolute atomic E-state index is 0.0234.